The molecule has 0 saturated carbocycles. The highest BCUT2D eigenvalue weighted by molar-refractivity contribution is 7.99. The van der Waals surface area contributed by atoms with Gasteiger partial charge >= 0.3 is 0 Å². The molecule has 2 aromatic carbocycles. The molecule has 2 amide bonds. The average molecular weight is 409 g/mol. The second-order valence-corrected chi connectivity index (χ2v) is 7.16. The van der Waals surface area contributed by atoms with Gasteiger partial charge in [0.25, 0.3) is 5.91 Å². The van der Waals surface area contributed by atoms with Crippen LogP contribution in [0.2, 0.25) is 5.02 Å². The third-order valence-electron chi connectivity index (χ3n) is 4.02. The number of carbonyl (C=O) groups is 2. The van der Waals surface area contributed by atoms with E-state index < -0.39 is 0 Å². The van der Waals surface area contributed by atoms with Gasteiger partial charge in [-0.2, -0.15) is 0 Å². The number of thioether (sulfide) groups is 1. The fourth-order valence-corrected chi connectivity index (χ4v) is 3.73. The fraction of sp³-hybridized carbons (Fsp3) is 0.300. The van der Waals surface area contributed by atoms with Crippen molar-refractivity contribution >= 4 is 40.9 Å². The third-order valence-corrected chi connectivity index (χ3v) is 5.34. The molecule has 0 atom stereocenters. The summed E-state index contributed by atoms with van der Waals surface area (Å²) in [5, 5.41) is 3.12. The van der Waals surface area contributed by atoms with Gasteiger partial charge in [-0.3, -0.25) is 9.59 Å². The van der Waals surface area contributed by atoms with Crippen LogP contribution < -0.4 is 5.32 Å². The number of carbonyl (C=O) groups excluding carboxylic acids is 2. The van der Waals surface area contributed by atoms with E-state index in [0.717, 1.165) is 0 Å². The Hall–Kier alpha value is -2.05. The summed E-state index contributed by atoms with van der Waals surface area (Å²) in [7, 11) is 0. The van der Waals surface area contributed by atoms with Crippen molar-refractivity contribution in [1.82, 2.24) is 4.90 Å². The van der Waals surface area contributed by atoms with Crippen LogP contribution in [0.3, 0.4) is 0 Å². The van der Waals surface area contributed by atoms with Crippen molar-refractivity contribution < 1.29 is 14.0 Å². The lowest BCUT2D eigenvalue weighted by molar-refractivity contribution is -0.113. The third kappa shape index (κ3) is 5.71. The zero-order chi connectivity index (χ0) is 19.8. The lowest BCUT2D eigenvalue weighted by atomic mass is 10.1. The first-order valence-electron chi connectivity index (χ1n) is 8.66. The summed E-state index contributed by atoms with van der Waals surface area (Å²) < 4.78 is 13.8. The number of halogens is 2. The summed E-state index contributed by atoms with van der Waals surface area (Å²) in [6.45, 7) is 5.01. The van der Waals surface area contributed by atoms with E-state index in [4.69, 9.17) is 11.6 Å². The highest BCUT2D eigenvalue weighted by Gasteiger charge is 2.17. The Morgan fingerprint density at radius 1 is 1.11 bits per heavy atom. The number of rotatable bonds is 8. The van der Waals surface area contributed by atoms with Gasteiger partial charge in [-0.25, -0.2) is 4.39 Å². The first-order valence-corrected chi connectivity index (χ1v) is 10.2. The number of anilines is 1. The number of hydrogen-bond donors (Lipinski definition) is 1. The molecule has 0 aliphatic carbocycles. The molecular weight excluding hydrogens is 387 g/mol. The van der Waals surface area contributed by atoms with Crippen molar-refractivity contribution in [1.29, 1.82) is 0 Å². The predicted molar refractivity (Wildman–Crippen MR) is 110 cm³/mol. The van der Waals surface area contributed by atoms with E-state index in [2.05, 4.69) is 5.32 Å². The summed E-state index contributed by atoms with van der Waals surface area (Å²) in [6.07, 6.45) is 0. The Labute approximate surface area is 168 Å². The quantitative estimate of drug-likeness (QED) is 0.680. The molecule has 0 fully saturated rings. The molecule has 7 heteroatoms. The fourth-order valence-electron chi connectivity index (χ4n) is 2.56. The Kier molecular flexibility index (Phi) is 8.13. The first-order chi connectivity index (χ1) is 13.0. The van der Waals surface area contributed by atoms with Crippen LogP contribution >= 0.6 is 23.4 Å². The van der Waals surface area contributed by atoms with Gasteiger partial charge < -0.3 is 10.2 Å². The van der Waals surface area contributed by atoms with Crippen LogP contribution in [0.5, 0.6) is 0 Å². The van der Waals surface area contributed by atoms with Crippen LogP contribution in [0.1, 0.15) is 29.8 Å². The van der Waals surface area contributed by atoms with E-state index in [-0.39, 0.29) is 23.4 Å². The highest BCUT2D eigenvalue weighted by atomic mass is 35.5. The Bertz CT molecular complexity index is 792. The Morgan fingerprint density at radius 2 is 1.81 bits per heavy atom. The maximum absolute atomic E-state index is 13.8. The van der Waals surface area contributed by atoms with Crippen LogP contribution in [0.15, 0.2) is 42.5 Å². The molecule has 0 saturated heterocycles. The minimum absolute atomic E-state index is 0.123. The molecule has 0 unspecified atom stereocenters. The van der Waals surface area contributed by atoms with Crippen LogP contribution in [-0.2, 0) is 10.5 Å². The molecule has 4 nitrogen and oxygen atoms in total. The minimum atomic E-state index is -0.384. The second kappa shape index (κ2) is 10.3. The molecule has 1 N–H and O–H groups in total. The highest BCUT2D eigenvalue weighted by Crippen LogP contribution is 2.24. The lowest BCUT2D eigenvalue weighted by Crippen LogP contribution is -2.31. The second-order valence-electron chi connectivity index (χ2n) is 5.76. The molecule has 2 rings (SSSR count). The molecule has 2 aromatic rings. The normalized spacial score (nSPS) is 10.5. The van der Waals surface area contributed by atoms with Gasteiger partial charge in [-0.15, -0.1) is 11.8 Å². The molecular formula is C20H22ClFN2O2S. The zero-order valence-corrected chi connectivity index (χ0v) is 16.9. The maximum atomic E-state index is 13.8. The summed E-state index contributed by atoms with van der Waals surface area (Å²) in [6, 6.07) is 11.4. The SMILES string of the molecule is CCN(CC)C(=O)c1ccccc1NC(=O)CSCc1c(F)cccc1Cl. The summed E-state index contributed by atoms with van der Waals surface area (Å²) in [5.74, 6) is -0.350. The number of para-hydroxylation sites is 1. The topological polar surface area (TPSA) is 49.4 Å². The lowest BCUT2D eigenvalue weighted by Gasteiger charge is -2.20. The predicted octanol–water partition coefficient (Wildman–Crippen LogP) is 4.83. The van der Waals surface area contributed by atoms with E-state index in [1.54, 1.807) is 41.3 Å². The monoisotopic (exact) mass is 408 g/mol. The van der Waals surface area contributed by atoms with Gasteiger partial charge in [0.1, 0.15) is 5.82 Å². The molecule has 0 radical (unpaired) electrons. The van der Waals surface area contributed by atoms with Crippen molar-refractivity contribution in [2.24, 2.45) is 0 Å². The minimum Gasteiger partial charge on any atom is -0.339 e. The number of hydrogen-bond acceptors (Lipinski definition) is 3. The molecule has 27 heavy (non-hydrogen) atoms. The molecule has 0 aliphatic rings. The molecule has 0 aliphatic heterocycles. The van der Waals surface area contributed by atoms with Crippen molar-refractivity contribution in [3.05, 3.63) is 64.4 Å². The molecule has 0 heterocycles. The molecule has 0 aromatic heterocycles. The molecule has 0 bridgehead atoms. The van der Waals surface area contributed by atoms with Crippen LogP contribution in [-0.4, -0.2) is 35.6 Å². The Morgan fingerprint density at radius 3 is 2.48 bits per heavy atom. The summed E-state index contributed by atoms with van der Waals surface area (Å²) in [5.41, 5.74) is 1.31. The smallest absolute Gasteiger partial charge is 0.255 e. The summed E-state index contributed by atoms with van der Waals surface area (Å²) in [4.78, 5) is 26.6. The maximum Gasteiger partial charge on any atom is 0.255 e. The van der Waals surface area contributed by atoms with Gasteiger partial charge in [-0.1, -0.05) is 29.8 Å². The van der Waals surface area contributed by atoms with Crippen molar-refractivity contribution in [3.8, 4) is 0 Å². The van der Waals surface area contributed by atoms with Crippen LogP contribution in [0, 0.1) is 5.82 Å². The standard InChI is InChI=1S/C20H22ClFN2O2S/c1-3-24(4-2)20(26)14-8-5-6-11-18(14)23-19(25)13-27-12-15-16(21)9-7-10-17(15)22/h5-11H,3-4,12-13H2,1-2H3,(H,23,25). The van der Waals surface area contributed by atoms with E-state index in [9.17, 15) is 14.0 Å². The average Bonchev–Trinajstić information content (AvgIpc) is 2.65. The van der Waals surface area contributed by atoms with Crippen molar-refractivity contribution in [3.63, 3.8) is 0 Å². The van der Waals surface area contributed by atoms with Gasteiger partial charge in [0.05, 0.1) is 17.0 Å². The van der Waals surface area contributed by atoms with Crippen molar-refractivity contribution in [2.45, 2.75) is 19.6 Å². The van der Waals surface area contributed by atoms with Crippen LogP contribution in [0.25, 0.3) is 0 Å². The first kappa shape index (κ1) is 21.3. The van der Waals surface area contributed by atoms with E-state index in [1.807, 2.05) is 13.8 Å². The number of amides is 2. The van der Waals surface area contributed by atoms with Gasteiger partial charge in [0, 0.05) is 29.4 Å². The van der Waals surface area contributed by atoms with Gasteiger partial charge in [0.2, 0.25) is 5.91 Å². The number of benzene rings is 2. The van der Waals surface area contributed by atoms with E-state index in [1.165, 1.54) is 17.8 Å². The zero-order valence-electron chi connectivity index (χ0n) is 15.3. The van der Waals surface area contributed by atoms with E-state index >= 15 is 0 Å². The number of nitrogens with one attached hydrogen (secondary N) is 1. The molecule has 0 spiro atoms. The van der Waals surface area contributed by atoms with Crippen LogP contribution in [0.4, 0.5) is 10.1 Å². The van der Waals surface area contributed by atoms with Gasteiger partial charge in [-0.05, 0) is 38.1 Å². The summed E-state index contributed by atoms with van der Waals surface area (Å²) >= 11 is 7.25. The molecule has 144 valence electrons. The van der Waals surface area contributed by atoms with Gasteiger partial charge in [0.15, 0.2) is 0 Å². The number of nitrogens with zero attached hydrogens (tertiary/aromatic N) is 1. The Balaban J connectivity index is 1.99. The van der Waals surface area contributed by atoms with Crippen molar-refractivity contribution in [2.75, 3.05) is 24.2 Å². The van der Waals surface area contributed by atoms with E-state index in [0.29, 0.717) is 40.7 Å². The largest absolute Gasteiger partial charge is 0.339 e.